The van der Waals surface area contributed by atoms with E-state index >= 15 is 8.78 Å². The number of ether oxygens (including phenoxy) is 1. The zero-order valence-electron chi connectivity index (χ0n) is 20.6. The first-order valence-corrected chi connectivity index (χ1v) is 13.4. The van der Waals surface area contributed by atoms with Gasteiger partial charge in [0.25, 0.3) is 5.92 Å². The third-order valence-electron chi connectivity index (χ3n) is 7.93. The number of methoxy groups -OCH3 is 1. The van der Waals surface area contributed by atoms with Crippen LogP contribution >= 0.6 is 15.9 Å². The van der Waals surface area contributed by atoms with E-state index in [9.17, 15) is 4.79 Å². The molecule has 3 aliphatic heterocycles. The molecule has 0 amide bonds. The Bertz CT molecular complexity index is 1110. The highest BCUT2D eigenvalue weighted by atomic mass is 79.9. The topological polar surface area (TPSA) is 57.7 Å². The summed E-state index contributed by atoms with van der Waals surface area (Å²) in [6.07, 6.45) is 2.79. The van der Waals surface area contributed by atoms with Crippen molar-refractivity contribution >= 4 is 27.7 Å². The number of fused-ring (bicyclic) bond motifs is 1. The molecule has 1 atom stereocenters. The Morgan fingerprint density at radius 2 is 2.06 bits per heavy atom. The predicted molar refractivity (Wildman–Crippen MR) is 138 cm³/mol. The van der Waals surface area contributed by atoms with Crippen LogP contribution in [0.4, 0.5) is 14.6 Å². The summed E-state index contributed by atoms with van der Waals surface area (Å²) in [4.78, 5) is 20.6. The van der Waals surface area contributed by atoms with Crippen LogP contribution in [-0.4, -0.2) is 73.1 Å². The smallest absolute Gasteiger partial charge is 0.306 e. The zero-order chi connectivity index (χ0) is 25.3. The van der Waals surface area contributed by atoms with Crippen molar-refractivity contribution in [3.63, 3.8) is 0 Å². The number of halogens is 3. The second-order valence-electron chi connectivity index (χ2n) is 10.5. The summed E-state index contributed by atoms with van der Waals surface area (Å²) in [5, 5.41) is 3.32. The van der Waals surface area contributed by atoms with E-state index in [1.54, 1.807) is 0 Å². The summed E-state index contributed by atoms with van der Waals surface area (Å²) in [5.41, 5.74) is 2.05. The SMILES string of the molecule is COC(=O)C[C@H](CN1CC2(CCN(Cc3ccc4c(n3)NCCC4)CC2(F)F)C1)c1cccc(Br)c1. The Labute approximate surface area is 219 Å². The van der Waals surface area contributed by atoms with Gasteiger partial charge < -0.3 is 15.0 Å². The van der Waals surface area contributed by atoms with Gasteiger partial charge in [-0.1, -0.05) is 34.1 Å². The van der Waals surface area contributed by atoms with Gasteiger partial charge in [-0.05, 0) is 55.1 Å². The van der Waals surface area contributed by atoms with Gasteiger partial charge in [-0.2, -0.15) is 0 Å². The third kappa shape index (κ3) is 5.29. The van der Waals surface area contributed by atoms with E-state index in [-0.39, 0.29) is 24.9 Å². The Kier molecular flexibility index (Phi) is 7.34. The van der Waals surface area contributed by atoms with Crippen molar-refractivity contribution in [1.82, 2.24) is 14.8 Å². The molecule has 6 nitrogen and oxygen atoms in total. The Hall–Kier alpha value is -2.10. The quantitative estimate of drug-likeness (QED) is 0.494. The molecule has 0 saturated carbocycles. The molecule has 4 heterocycles. The average molecular weight is 563 g/mol. The number of pyridine rings is 1. The Balaban J connectivity index is 1.20. The molecule has 1 aromatic carbocycles. The molecule has 1 N–H and O–H groups in total. The van der Waals surface area contributed by atoms with Gasteiger partial charge in [0.2, 0.25) is 0 Å². The van der Waals surface area contributed by atoms with Crippen LogP contribution in [0.15, 0.2) is 40.9 Å². The maximum absolute atomic E-state index is 15.5. The number of carbonyl (C=O) groups is 1. The number of nitrogens with zero attached hydrogens (tertiary/aromatic N) is 3. The molecule has 3 aliphatic rings. The number of likely N-dealkylation sites (tertiary alicyclic amines) is 2. The van der Waals surface area contributed by atoms with Crippen LogP contribution in [0.3, 0.4) is 0 Å². The number of hydrogen-bond donors (Lipinski definition) is 1. The average Bonchev–Trinajstić information content (AvgIpc) is 2.83. The van der Waals surface area contributed by atoms with Crippen LogP contribution < -0.4 is 5.32 Å². The van der Waals surface area contributed by atoms with E-state index in [0.29, 0.717) is 39.1 Å². The fourth-order valence-electron chi connectivity index (χ4n) is 5.88. The van der Waals surface area contributed by atoms with Crippen molar-refractivity contribution in [2.45, 2.75) is 44.1 Å². The van der Waals surface area contributed by atoms with Crippen LogP contribution in [0, 0.1) is 5.41 Å². The van der Waals surface area contributed by atoms with E-state index in [1.807, 2.05) is 35.2 Å². The fourth-order valence-corrected chi connectivity index (χ4v) is 6.29. The number of esters is 1. The van der Waals surface area contributed by atoms with Crippen LogP contribution in [0.2, 0.25) is 0 Å². The number of alkyl halides is 2. The number of hydrogen-bond acceptors (Lipinski definition) is 6. The standard InChI is InChI=1S/C27H33BrF2N4O2/c1-36-24(35)13-21(20-4-2-6-22(28)12-20)14-34-16-26(17-34)9-11-33(18-27(26,29)30)15-23-8-7-19-5-3-10-31-25(19)32-23/h2,4,6-8,12,21H,3,5,9-11,13-18H2,1H3,(H,31,32)/t21-/m1/s1. The highest BCUT2D eigenvalue weighted by molar-refractivity contribution is 9.10. The van der Waals surface area contributed by atoms with Crippen LogP contribution in [-0.2, 0) is 22.5 Å². The van der Waals surface area contributed by atoms with Crippen LogP contribution in [0.25, 0.3) is 0 Å². The molecule has 5 rings (SSSR count). The summed E-state index contributed by atoms with van der Waals surface area (Å²) >= 11 is 3.49. The van der Waals surface area contributed by atoms with Gasteiger partial charge in [0, 0.05) is 43.1 Å². The lowest BCUT2D eigenvalue weighted by Crippen LogP contribution is -2.70. The van der Waals surface area contributed by atoms with E-state index in [4.69, 9.17) is 4.74 Å². The maximum Gasteiger partial charge on any atom is 0.306 e. The number of piperidine rings is 1. The van der Waals surface area contributed by atoms with E-state index in [1.165, 1.54) is 12.7 Å². The highest BCUT2D eigenvalue weighted by Crippen LogP contribution is 2.50. The van der Waals surface area contributed by atoms with Gasteiger partial charge in [-0.3, -0.25) is 9.69 Å². The number of rotatable bonds is 7. The number of carbonyl (C=O) groups excluding carboxylic acids is 1. The molecular formula is C27H33BrF2N4O2. The van der Waals surface area contributed by atoms with Gasteiger partial charge in [0.15, 0.2) is 0 Å². The molecule has 36 heavy (non-hydrogen) atoms. The van der Waals surface area contributed by atoms with Gasteiger partial charge >= 0.3 is 5.97 Å². The molecule has 0 bridgehead atoms. The largest absolute Gasteiger partial charge is 0.469 e. The first kappa shape index (κ1) is 25.5. The molecule has 1 aromatic heterocycles. The second kappa shape index (κ2) is 10.3. The van der Waals surface area contributed by atoms with E-state index < -0.39 is 11.3 Å². The molecule has 9 heteroatoms. The molecule has 2 saturated heterocycles. The number of aromatic nitrogens is 1. The van der Waals surface area contributed by atoms with Crippen molar-refractivity contribution < 1.29 is 18.3 Å². The molecule has 0 unspecified atom stereocenters. The lowest BCUT2D eigenvalue weighted by molar-refractivity contribution is -0.226. The first-order valence-electron chi connectivity index (χ1n) is 12.6. The number of nitrogens with one attached hydrogen (secondary N) is 1. The number of aryl methyl sites for hydroxylation is 1. The Morgan fingerprint density at radius 1 is 1.22 bits per heavy atom. The number of anilines is 1. The third-order valence-corrected chi connectivity index (χ3v) is 8.43. The van der Waals surface area contributed by atoms with Crippen molar-refractivity contribution in [3.8, 4) is 0 Å². The first-order chi connectivity index (χ1) is 17.3. The lowest BCUT2D eigenvalue weighted by Gasteiger charge is -2.58. The summed E-state index contributed by atoms with van der Waals surface area (Å²) in [6.45, 7) is 2.98. The van der Waals surface area contributed by atoms with Crippen molar-refractivity contribution in [2.75, 3.05) is 51.7 Å². The van der Waals surface area contributed by atoms with Crippen molar-refractivity contribution in [1.29, 1.82) is 0 Å². The predicted octanol–water partition coefficient (Wildman–Crippen LogP) is 4.69. The van der Waals surface area contributed by atoms with Crippen molar-refractivity contribution in [3.05, 3.63) is 57.7 Å². The summed E-state index contributed by atoms with van der Waals surface area (Å²) in [6, 6.07) is 11.9. The van der Waals surface area contributed by atoms with Crippen LogP contribution in [0.5, 0.6) is 0 Å². The molecule has 0 aliphatic carbocycles. The Morgan fingerprint density at radius 3 is 2.81 bits per heavy atom. The molecular weight excluding hydrogens is 530 g/mol. The number of benzene rings is 1. The maximum atomic E-state index is 15.5. The highest BCUT2D eigenvalue weighted by Gasteiger charge is 2.62. The molecule has 1 spiro atoms. The molecule has 2 aromatic rings. The van der Waals surface area contributed by atoms with E-state index in [2.05, 4.69) is 37.2 Å². The summed E-state index contributed by atoms with van der Waals surface area (Å²) in [5.74, 6) is -2.27. The normalized spacial score (nSPS) is 21.8. The van der Waals surface area contributed by atoms with Gasteiger partial charge in [0.05, 0.1) is 31.2 Å². The monoisotopic (exact) mass is 562 g/mol. The minimum atomic E-state index is -2.78. The minimum absolute atomic E-state index is 0.107. The fraction of sp³-hybridized carbons (Fsp3) is 0.556. The van der Waals surface area contributed by atoms with Crippen molar-refractivity contribution in [2.24, 2.45) is 5.41 Å². The lowest BCUT2D eigenvalue weighted by atomic mass is 9.68. The van der Waals surface area contributed by atoms with Gasteiger partial charge in [0.1, 0.15) is 5.82 Å². The van der Waals surface area contributed by atoms with Gasteiger partial charge in [-0.15, -0.1) is 0 Å². The summed E-state index contributed by atoms with van der Waals surface area (Å²) in [7, 11) is 1.38. The van der Waals surface area contributed by atoms with Crippen LogP contribution in [0.1, 0.15) is 42.0 Å². The second-order valence-corrected chi connectivity index (χ2v) is 11.4. The molecule has 194 valence electrons. The van der Waals surface area contributed by atoms with E-state index in [0.717, 1.165) is 40.9 Å². The van der Waals surface area contributed by atoms with Gasteiger partial charge in [-0.25, -0.2) is 13.8 Å². The zero-order valence-corrected chi connectivity index (χ0v) is 22.2. The summed E-state index contributed by atoms with van der Waals surface area (Å²) < 4.78 is 36.8. The molecule has 2 fully saturated rings. The molecule has 0 radical (unpaired) electrons. The minimum Gasteiger partial charge on any atom is -0.469 e.